The molecule has 0 fully saturated rings. The van der Waals surface area contributed by atoms with Crippen LogP contribution in [0.3, 0.4) is 0 Å². The Balaban J connectivity index is 4.03. The lowest BCUT2D eigenvalue weighted by molar-refractivity contribution is -0.870. The summed E-state index contributed by atoms with van der Waals surface area (Å²) < 4.78 is 34.3. The molecule has 9 nitrogen and oxygen atoms in total. The van der Waals surface area contributed by atoms with Crippen LogP contribution in [0.5, 0.6) is 0 Å². The number of phosphoric ester groups is 1. The lowest BCUT2D eigenvalue weighted by Crippen LogP contribution is -2.37. The highest BCUT2D eigenvalue weighted by atomic mass is 31.2. The van der Waals surface area contributed by atoms with Crippen molar-refractivity contribution >= 4 is 19.8 Å². The van der Waals surface area contributed by atoms with E-state index in [0.29, 0.717) is 17.4 Å². The van der Waals surface area contributed by atoms with Gasteiger partial charge in [-0.1, -0.05) is 330 Å². The monoisotopic (exact) mass is 1210 g/mol. The van der Waals surface area contributed by atoms with E-state index in [2.05, 4.69) is 98.9 Å². The molecule has 2 atom stereocenters. The topological polar surface area (TPSA) is 111 Å². The van der Waals surface area contributed by atoms with Gasteiger partial charge in [0, 0.05) is 12.8 Å². The molecular formula is C75H136NO8P. The Morgan fingerprint density at radius 2 is 0.671 bits per heavy atom. The van der Waals surface area contributed by atoms with Crippen LogP contribution in [-0.4, -0.2) is 70.0 Å². The highest BCUT2D eigenvalue weighted by Gasteiger charge is 2.22. The number of carbonyl (C=O) groups is 2. The summed E-state index contributed by atoms with van der Waals surface area (Å²) in [5.74, 6) is -0.821. The van der Waals surface area contributed by atoms with Crippen LogP contribution in [0.4, 0.5) is 0 Å². The fourth-order valence-corrected chi connectivity index (χ4v) is 11.0. The number of hydrogen-bond donors (Lipinski definition) is 0. The Morgan fingerprint density at radius 1 is 0.376 bits per heavy atom. The van der Waals surface area contributed by atoms with Crippen LogP contribution in [0.15, 0.2) is 85.1 Å². The summed E-state index contributed by atoms with van der Waals surface area (Å²) in [5.41, 5.74) is 0. The number of allylic oxidation sites excluding steroid dienone is 14. The normalized spacial score (nSPS) is 13.6. The van der Waals surface area contributed by atoms with Gasteiger partial charge in [-0.3, -0.25) is 14.2 Å². The zero-order valence-corrected chi connectivity index (χ0v) is 57.2. The number of nitrogens with zero attached hydrogens (tertiary/aromatic N) is 1. The lowest BCUT2D eigenvalue weighted by Gasteiger charge is -2.28. The van der Waals surface area contributed by atoms with E-state index in [1.807, 2.05) is 21.1 Å². The first-order chi connectivity index (χ1) is 41.5. The van der Waals surface area contributed by atoms with Crippen LogP contribution >= 0.6 is 7.82 Å². The van der Waals surface area contributed by atoms with Crippen molar-refractivity contribution < 1.29 is 42.1 Å². The second kappa shape index (κ2) is 65.6. The van der Waals surface area contributed by atoms with Crippen molar-refractivity contribution in [1.29, 1.82) is 0 Å². The number of esters is 2. The molecule has 0 aliphatic heterocycles. The molecule has 10 heteroatoms. The Hall–Kier alpha value is -2.81. The van der Waals surface area contributed by atoms with E-state index in [0.717, 1.165) is 83.5 Å². The minimum absolute atomic E-state index is 0.0316. The number of quaternary nitrogens is 1. The van der Waals surface area contributed by atoms with Crippen LogP contribution in [-0.2, 0) is 32.7 Å². The molecule has 0 spiro atoms. The zero-order chi connectivity index (χ0) is 61.9. The van der Waals surface area contributed by atoms with Gasteiger partial charge < -0.3 is 27.9 Å². The second-order valence-corrected chi connectivity index (χ2v) is 26.6. The third-order valence-electron chi connectivity index (χ3n) is 15.7. The molecule has 0 N–H and O–H groups in total. The molecule has 0 aromatic rings. The van der Waals surface area contributed by atoms with Crippen molar-refractivity contribution in [3.8, 4) is 0 Å². The second-order valence-electron chi connectivity index (χ2n) is 25.2. The molecule has 0 aromatic heterocycles. The molecule has 0 amide bonds. The molecule has 0 aromatic carbocycles. The van der Waals surface area contributed by atoms with Crippen LogP contribution in [0.2, 0.25) is 0 Å². The summed E-state index contributed by atoms with van der Waals surface area (Å²) in [7, 11) is 1.17. The van der Waals surface area contributed by atoms with Gasteiger partial charge in [-0.2, -0.15) is 0 Å². The number of ether oxygens (including phenoxy) is 2. The largest absolute Gasteiger partial charge is 0.756 e. The van der Waals surface area contributed by atoms with Crippen LogP contribution < -0.4 is 4.89 Å². The van der Waals surface area contributed by atoms with E-state index in [-0.39, 0.29) is 32.0 Å². The summed E-state index contributed by atoms with van der Waals surface area (Å²) in [6, 6.07) is 0. The van der Waals surface area contributed by atoms with E-state index >= 15 is 0 Å². The van der Waals surface area contributed by atoms with Crippen LogP contribution in [0.25, 0.3) is 0 Å². The number of carbonyl (C=O) groups excluding carboxylic acids is 2. The first-order valence-corrected chi connectivity index (χ1v) is 37.3. The van der Waals surface area contributed by atoms with Crippen molar-refractivity contribution in [3.63, 3.8) is 0 Å². The van der Waals surface area contributed by atoms with Gasteiger partial charge in [0.15, 0.2) is 6.10 Å². The maximum Gasteiger partial charge on any atom is 0.306 e. The number of likely N-dealkylation sites (N-methyl/N-ethyl adjacent to an activating group) is 1. The van der Waals surface area contributed by atoms with Crippen molar-refractivity contribution in [2.24, 2.45) is 0 Å². The number of phosphoric acid groups is 1. The average Bonchev–Trinajstić information content (AvgIpc) is 3.51. The molecule has 0 aliphatic rings. The molecule has 0 saturated carbocycles. The van der Waals surface area contributed by atoms with E-state index in [4.69, 9.17) is 18.5 Å². The molecule has 85 heavy (non-hydrogen) atoms. The molecule has 0 bridgehead atoms. The minimum Gasteiger partial charge on any atom is -0.756 e. The van der Waals surface area contributed by atoms with E-state index < -0.39 is 26.5 Å². The number of hydrogen-bond acceptors (Lipinski definition) is 8. The average molecular weight is 1210 g/mol. The Bertz CT molecular complexity index is 1710. The Labute approximate surface area is 526 Å². The molecule has 0 aliphatic carbocycles. The van der Waals surface area contributed by atoms with Crippen LogP contribution in [0, 0.1) is 0 Å². The molecule has 0 saturated heterocycles. The van der Waals surface area contributed by atoms with Gasteiger partial charge in [0.05, 0.1) is 27.7 Å². The summed E-state index contributed by atoms with van der Waals surface area (Å²) in [6.45, 7) is 4.17. The van der Waals surface area contributed by atoms with Crippen molar-refractivity contribution in [2.45, 2.75) is 335 Å². The van der Waals surface area contributed by atoms with Gasteiger partial charge in [0.25, 0.3) is 7.82 Å². The predicted octanol–water partition coefficient (Wildman–Crippen LogP) is 22.7. The van der Waals surface area contributed by atoms with Gasteiger partial charge in [-0.25, -0.2) is 0 Å². The maximum absolute atomic E-state index is 12.9. The van der Waals surface area contributed by atoms with Crippen molar-refractivity contribution in [1.82, 2.24) is 0 Å². The van der Waals surface area contributed by atoms with Gasteiger partial charge in [0.1, 0.15) is 19.8 Å². The summed E-state index contributed by atoms with van der Waals surface area (Å²) in [5, 5.41) is 0. The molecule has 2 unspecified atom stereocenters. The Kier molecular flexibility index (Phi) is 63.5. The SMILES string of the molecule is CC/C=C\C/C=C\C/C=C\C/C=C\C/C=C\C/C=C\C/C=C\CCCCCCCCCCCCCCCC(=O)OC(COC(=O)CCCCCCCCCCCCCCCCCCCCCCCCCCCC)COP(=O)([O-])OCC[N+](C)(C)C. The highest BCUT2D eigenvalue weighted by Crippen LogP contribution is 2.38. The predicted molar refractivity (Wildman–Crippen MR) is 365 cm³/mol. The maximum atomic E-state index is 12.9. The van der Waals surface area contributed by atoms with Gasteiger partial charge >= 0.3 is 11.9 Å². The van der Waals surface area contributed by atoms with Gasteiger partial charge in [-0.15, -0.1) is 0 Å². The molecule has 0 heterocycles. The first kappa shape index (κ1) is 82.2. The summed E-state index contributed by atoms with van der Waals surface area (Å²) >= 11 is 0. The fourth-order valence-electron chi connectivity index (χ4n) is 10.2. The third-order valence-corrected chi connectivity index (χ3v) is 16.6. The summed E-state index contributed by atoms with van der Waals surface area (Å²) in [6.07, 6.45) is 89.5. The fraction of sp³-hybridized carbons (Fsp3) is 0.787. The minimum atomic E-state index is -4.64. The molecule has 494 valence electrons. The third kappa shape index (κ3) is 70.2. The lowest BCUT2D eigenvalue weighted by atomic mass is 10.0. The quantitative estimate of drug-likeness (QED) is 0.0195. The summed E-state index contributed by atoms with van der Waals surface area (Å²) in [4.78, 5) is 38.1. The highest BCUT2D eigenvalue weighted by molar-refractivity contribution is 7.45. The molecular weight excluding hydrogens is 1070 g/mol. The van der Waals surface area contributed by atoms with Gasteiger partial charge in [-0.05, 0) is 70.6 Å². The number of unbranched alkanes of at least 4 members (excludes halogenated alkanes) is 38. The number of rotatable bonds is 66. The first-order valence-electron chi connectivity index (χ1n) is 35.8. The smallest absolute Gasteiger partial charge is 0.306 e. The molecule has 0 rings (SSSR count). The van der Waals surface area contributed by atoms with Gasteiger partial charge in [0.2, 0.25) is 0 Å². The van der Waals surface area contributed by atoms with Crippen molar-refractivity contribution in [2.75, 3.05) is 47.5 Å². The van der Waals surface area contributed by atoms with E-state index in [1.54, 1.807) is 0 Å². The Morgan fingerprint density at radius 3 is 1.00 bits per heavy atom. The van der Waals surface area contributed by atoms with Crippen molar-refractivity contribution in [3.05, 3.63) is 85.1 Å². The molecule has 0 radical (unpaired) electrons. The standard InChI is InChI=1S/C75H136NO8P/c1-6-8-10-12-14-16-18-20-22-24-26-28-30-32-34-35-36-37-38-39-40-41-42-44-46-48-50-52-54-56-58-60-62-64-66-68-75(78)84-73(72-83-85(79,80)82-70-69-76(3,4)5)71-81-74(77)67-65-63-61-59-57-55-53-51-49-47-45-43-33-31-29-27-25-23-21-19-17-15-13-11-9-7-2/h8,10,14,16,20,22,26,28,32,34,36-37,39-40,73H,6-7,9,11-13,15,17-19,21,23-25,27,29-31,33,35,38,41-72H2,1-5H3/b10-8-,16-14-,22-20-,28-26-,34-32-,37-36-,40-39-. The van der Waals surface area contributed by atoms with E-state index in [9.17, 15) is 19.0 Å². The van der Waals surface area contributed by atoms with E-state index in [1.165, 1.54) is 212 Å². The zero-order valence-electron chi connectivity index (χ0n) is 56.3. The van der Waals surface area contributed by atoms with Crippen LogP contribution in [0.1, 0.15) is 328 Å².